The van der Waals surface area contributed by atoms with E-state index in [2.05, 4.69) is 58.0 Å². The van der Waals surface area contributed by atoms with Gasteiger partial charge in [0.2, 0.25) is 0 Å². The Morgan fingerprint density at radius 1 is 1.05 bits per heavy atom. The zero-order valence-electron chi connectivity index (χ0n) is 23.4. The average molecular weight is 508 g/mol. The van der Waals surface area contributed by atoms with Crippen molar-refractivity contribution in [1.29, 1.82) is 0 Å². The van der Waals surface area contributed by atoms with Gasteiger partial charge in [-0.05, 0) is 104 Å². The molecule has 1 heterocycles. The fourth-order valence-electron chi connectivity index (χ4n) is 10.9. The molecule has 1 saturated heterocycles. The van der Waals surface area contributed by atoms with Crippen molar-refractivity contribution in [2.24, 2.45) is 34.0 Å². The van der Waals surface area contributed by atoms with Gasteiger partial charge in [0.15, 0.2) is 0 Å². The topological polar surface area (TPSA) is 59.0 Å². The van der Waals surface area contributed by atoms with Gasteiger partial charge >= 0.3 is 0 Å². The number of Topliss-reactive ketones (excluding diaryl/α,β-unsaturated/α-hetero) is 1. The summed E-state index contributed by atoms with van der Waals surface area (Å²) < 4.78 is 0. The fourth-order valence-corrected chi connectivity index (χ4v) is 10.9. The van der Waals surface area contributed by atoms with Crippen LogP contribution in [0.4, 0.5) is 5.69 Å². The molecule has 6 aliphatic rings. The molecule has 5 fully saturated rings. The number of nitrogens with zero attached hydrogens (tertiary/aromatic N) is 1. The summed E-state index contributed by atoms with van der Waals surface area (Å²) in [7, 11) is 4.21. The molecule has 1 aromatic rings. The maximum absolute atomic E-state index is 13.3. The molecule has 7 rings (SSSR count). The van der Waals surface area contributed by atoms with E-state index in [1.54, 1.807) is 0 Å². The number of carbonyl (C=O) groups is 1. The van der Waals surface area contributed by atoms with E-state index in [1.165, 1.54) is 16.8 Å². The quantitative estimate of drug-likeness (QED) is 0.485. The van der Waals surface area contributed by atoms with Crippen LogP contribution in [0.2, 0.25) is 0 Å². The first kappa shape index (κ1) is 24.6. The van der Waals surface area contributed by atoms with E-state index in [1.807, 2.05) is 0 Å². The molecule has 5 nitrogen and oxygen atoms in total. The lowest BCUT2D eigenvalue weighted by Crippen LogP contribution is -2.70. The van der Waals surface area contributed by atoms with Crippen LogP contribution in [0.3, 0.4) is 0 Å². The van der Waals surface area contributed by atoms with Crippen LogP contribution < -0.4 is 4.90 Å². The van der Waals surface area contributed by atoms with Crippen molar-refractivity contribution in [3.05, 3.63) is 29.3 Å². The minimum Gasteiger partial charge on any atom is -0.389 e. The summed E-state index contributed by atoms with van der Waals surface area (Å²) in [5, 5.41) is 12.9. The lowest BCUT2D eigenvalue weighted by atomic mass is 9.36. The van der Waals surface area contributed by atoms with E-state index in [0.717, 1.165) is 57.8 Å². The molecule has 1 unspecified atom stereocenters. The van der Waals surface area contributed by atoms with Gasteiger partial charge in [0.1, 0.15) is 11.4 Å². The van der Waals surface area contributed by atoms with E-state index in [0.29, 0.717) is 42.5 Å². The Balaban J connectivity index is 1.37. The Kier molecular flexibility index (Phi) is 5.06. The van der Waals surface area contributed by atoms with Gasteiger partial charge in [-0.3, -0.25) is 4.79 Å². The molecule has 2 spiro atoms. The molecule has 202 valence electrons. The highest BCUT2D eigenvalue weighted by atomic mass is 17.2. The molecule has 0 radical (unpaired) electrons. The molecular formula is C32H45NO4. The summed E-state index contributed by atoms with van der Waals surface area (Å²) in [6, 6.07) is 7.00. The number of fused-ring (bicyclic) bond motifs is 4. The molecule has 37 heavy (non-hydrogen) atoms. The molecule has 0 aromatic heterocycles. The first-order chi connectivity index (χ1) is 17.4. The lowest BCUT2D eigenvalue weighted by molar-refractivity contribution is -0.425. The van der Waals surface area contributed by atoms with Crippen LogP contribution in [0.25, 0.3) is 0 Å². The third kappa shape index (κ3) is 3.23. The van der Waals surface area contributed by atoms with Gasteiger partial charge in [-0.15, -0.1) is 0 Å². The van der Waals surface area contributed by atoms with Gasteiger partial charge in [0, 0.05) is 43.5 Å². The van der Waals surface area contributed by atoms with Crippen LogP contribution in [-0.4, -0.2) is 42.8 Å². The fraction of sp³-hybridized carbons (Fsp3) is 0.781. The molecule has 5 aliphatic carbocycles. The summed E-state index contributed by atoms with van der Waals surface area (Å²) in [5.74, 6) is 2.25. The van der Waals surface area contributed by atoms with Crippen molar-refractivity contribution in [2.45, 2.75) is 102 Å². The molecular weight excluding hydrogens is 462 g/mol. The van der Waals surface area contributed by atoms with E-state index >= 15 is 0 Å². The zero-order valence-corrected chi connectivity index (χ0v) is 23.4. The minimum atomic E-state index is -0.774. The van der Waals surface area contributed by atoms with Crippen LogP contribution in [0.15, 0.2) is 18.2 Å². The van der Waals surface area contributed by atoms with Gasteiger partial charge in [-0.2, -0.15) is 0 Å². The van der Waals surface area contributed by atoms with Crippen LogP contribution in [0, 0.1) is 34.0 Å². The minimum absolute atomic E-state index is 0.0511. The first-order valence-corrected chi connectivity index (χ1v) is 14.8. The summed E-state index contributed by atoms with van der Waals surface area (Å²) >= 11 is 0. The normalized spacial score (nSPS) is 47.6. The number of hydrogen-bond donors (Lipinski definition) is 1. The molecule has 4 saturated carbocycles. The van der Waals surface area contributed by atoms with Crippen LogP contribution in [0.1, 0.15) is 95.6 Å². The maximum Gasteiger partial charge on any atom is 0.139 e. The van der Waals surface area contributed by atoms with Crippen LogP contribution >= 0.6 is 0 Å². The van der Waals surface area contributed by atoms with Crippen molar-refractivity contribution in [3.63, 3.8) is 0 Å². The van der Waals surface area contributed by atoms with Gasteiger partial charge < -0.3 is 10.0 Å². The lowest BCUT2D eigenvalue weighted by Gasteiger charge is -2.70. The first-order valence-electron chi connectivity index (χ1n) is 14.8. The average Bonchev–Trinajstić information content (AvgIpc) is 3.12. The Hall–Kier alpha value is -1.43. The SMILES string of the molecule is CN(C)c1ccc2c(c1)C[C@]13CCC4(CC(C)(C)COO4)C[C@]1(O)CC[C@@H]1[C@@H]3[C@@H]2C[C@]2(C)C(=O)CC[C@@H]12. The molecule has 5 heteroatoms. The molecule has 8 atom stereocenters. The smallest absolute Gasteiger partial charge is 0.139 e. The van der Waals surface area contributed by atoms with E-state index in [-0.39, 0.29) is 16.2 Å². The Morgan fingerprint density at radius 3 is 2.62 bits per heavy atom. The second kappa shape index (κ2) is 7.61. The third-order valence-corrected chi connectivity index (χ3v) is 12.3. The Labute approximate surface area is 222 Å². The highest BCUT2D eigenvalue weighted by molar-refractivity contribution is 5.87. The number of aliphatic hydroxyl groups is 1. The van der Waals surface area contributed by atoms with Crippen LogP contribution in [0.5, 0.6) is 0 Å². The highest BCUT2D eigenvalue weighted by Crippen LogP contribution is 2.74. The van der Waals surface area contributed by atoms with Crippen molar-refractivity contribution in [2.75, 3.05) is 25.6 Å². The van der Waals surface area contributed by atoms with E-state index < -0.39 is 11.2 Å². The Bertz CT molecular complexity index is 1150. The number of ketones is 1. The van der Waals surface area contributed by atoms with Crippen LogP contribution in [-0.2, 0) is 21.0 Å². The number of hydrogen-bond acceptors (Lipinski definition) is 5. The predicted octanol–water partition coefficient (Wildman–Crippen LogP) is 5.83. The van der Waals surface area contributed by atoms with Crippen molar-refractivity contribution >= 4 is 11.5 Å². The standard InChI is InChI=1S/C32H45NO4/c1-28(2)17-30(37-36-19-28)12-13-31-15-20-14-21(33(4)5)6-7-22(20)24-16-29(3)25(8-9-26(29)34)23(27(24)31)10-11-32(31,35)18-30/h6-7,14,23-25,27,35H,8-13,15-19H2,1-5H3/t23-,24+,25-,27+,29-,30?,31-,32+/m0/s1. The van der Waals surface area contributed by atoms with Gasteiger partial charge in [0.25, 0.3) is 0 Å². The molecule has 0 amide bonds. The van der Waals surface area contributed by atoms with Crippen molar-refractivity contribution in [3.8, 4) is 0 Å². The summed E-state index contributed by atoms with van der Waals surface area (Å²) in [5.41, 5.74) is 2.57. The molecule has 1 N–H and O–H groups in total. The summed E-state index contributed by atoms with van der Waals surface area (Å²) in [6.45, 7) is 7.42. The van der Waals surface area contributed by atoms with Crippen molar-refractivity contribution in [1.82, 2.24) is 0 Å². The van der Waals surface area contributed by atoms with E-state index in [4.69, 9.17) is 9.78 Å². The largest absolute Gasteiger partial charge is 0.389 e. The maximum atomic E-state index is 13.3. The van der Waals surface area contributed by atoms with Gasteiger partial charge in [0.05, 0.1) is 12.2 Å². The predicted molar refractivity (Wildman–Crippen MR) is 143 cm³/mol. The van der Waals surface area contributed by atoms with E-state index in [9.17, 15) is 9.90 Å². The highest BCUT2D eigenvalue weighted by Gasteiger charge is 2.72. The second-order valence-electron chi connectivity index (χ2n) is 15.2. The number of rotatable bonds is 1. The number of benzene rings is 1. The summed E-state index contributed by atoms with van der Waals surface area (Å²) in [4.78, 5) is 27.4. The monoisotopic (exact) mass is 507 g/mol. The number of anilines is 1. The Morgan fingerprint density at radius 2 is 1.86 bits per heavy atom. The van der Waals surface area contributed by atoms with Crippen molar-refractivity contribution < 1.29 is 19.7 Å². The number of carbonyl (C=O) groups excluding carboxylic acids is 1. The zero-order chi connectivity index (χ0) is 26.0. The summed E-state index contributed by atoms with van der Waals surface area (Å²) in [6.07, 6.45) is 9.03. The molecule has 0 bridgehead atoms. The van der Waals surface area contributed by atoms with Gasteiger partial charge in [-0.1, -0.05) is 26.8 Å². The second-order valence-corrected chi connectivity index (χ2v) is 15.2. The molecule has 1 aliphatic heterocycles. The third-order valence-electron chi connectivity index (χ3n) is 12.3. The molecule has 1 aromatic carbocycles. The van der Waals surface area contributed by atoms with Gasteiger partial charge in [-0.25, -0.2) is 9.78 Å².